The summed E-state index contributed by atoms with van der Waals surface area (Å²) >= 11 is 2.35. The van der Waals surface area contributed by atoms with E-state index in [2.05, 4.69) is 34.8 Å². The van der Waals surface area contributed by atoms with Crippen LogP contribution in [0.5, 0.6) is 0 Å². The van der Waals surface area contributed by atoms with E-state index in [4.69, 9.17) is 5.11 Å². The van der Waals surface area contributed by atoms with Crippen LogP contribution in [0.3, 0.4) is 0 Å². The average molecular weight is 319 g/mol. The zero-order valence-electron chi connectivity index (χ0n) is 8.53. The number of halogens is 1. The van der Waals surface area contributed by atoms with Gasteiger partial charge in [-0.2, -0.15) is 0 Å². The highest BCUT2D eigenvalue weighted by atomic mass is 127. The standard InChI is InChI=1S/C11H14INO2/c1-8(12)7-13-10-4-2-9(3-5-10)6-11(14)15/h2-5,8,13H,6-7H2,1H3,(H,14,15). The SMILES string of the molecule is CC(I)CNc1ccc(CC(=O)O)cc1. The number of alkyl halides is 1. The van der Waals surface area contributed by atoms with Gasteiger partial charge in [0, 0.05) is 16.2 Å². The number of carbonyl (C=O) groups is 1. The smallest absolute Gasteiger partial charge is 0.307 e. The molecule has 4 heteroatoms. The van der Waals surface area contributed by atoms with Crippen LogP contribution in [0.2, 0.25) is 0 Å². The first kappa shape index (κ1) is 12.3. The highest BCUT2D eigenvalue weighted by molar-refractivity contribution is 14.1. The van der Waals surface area contributed by atoms with Crippen molar-refractivity contribution < 1.29 is 9.90 Å². The van der Waals surface area contributed by atoms with Crippen molar-refractivity contribution in [2.75, 3.05) is 11.9 Å². The normalized spacial score (nSPS) is 12.1. The van der Waals surface area contributed by atoms with Gasteiger partial charge in [0.2, 0.25) is 0 Å². The van der Waals surface area contributed by atoms with Gasteiger partial charge in [-0.1, -0.05) is 41.6 Å². The Bertz CT molecular complexity index is 322. The fraction of sp³-hybridized carbons (Fsp3) is 0.364. The van der Waals surface area contributed by atoms with E-state index in [1.807, 2.05) is 24.3 Å². The molecule has 1 unspecified atom stereocenters. The van der Waals surface area contributed by atoms with E-state index in [1.54, 1.807) is 0 Å². The first-order valence-corrected chi connectivity index (χ1v) is 6.01. The van der Waals surface area contributed by atoms with Gasteiger partial charge in [-0.25, -0.2) is 0 Å². The molecular formula is C11H14INO2. The minimum absolute atomic E-state index is 0.0863. The molecule has 15 heavy (non-hydrogen) atoms. The number of aliphatic carboxylic acids is 1. The summed E-state index contributed by atoms with van der Waals surface area (Å²) in [7, 11) is 0. The van der Waals surface area contributed by atoms with Gasteiger partial charge in [-0.05, 0) is 17.7 Å². The summed E-state index contributed by atoms with van der Waals surface area (Å²) in [6, 6.07) is 7.51. The van der Waals surface area contributed by atoms with Crippen molar-refractivity contribution in [3.63, 3.8) is 0 Å². The summed E-state index contributed by atoms with van der Waals surface area (Å²) in [4.78, 5) is 10.5. The van der Waals surface area contributed by atoms with Crippen LogP contribution in [0.25, 0.3) is 0 Å². The molecule has 0 heterocycles. The minimum Gasteiger partial charge on any atom is -0.481 e. The maximum atomic E-state index is 10.5. The lowest BCUT2D eigenvalue weighted by Gasteiger charge is -2.08. The number of carboxylic acid groups (broad SMARTS) is 1. The van der Waals surface area contributed by atoms with Gasteiger partial charge in [-0.3, -0.25) is 4.79 Å². The number of rotatable bonds is 5. The fourth-order valence-electron chi connectivity index (χ4n) is 1.17. The third-order valence-corrected chi connectivity index (χ3v) is 2.34. The third kappa shape index (κ3) is 5.01. The maximum absolute atomic E-state index is 10.5. The Morgan fingerprint density at radius 3 is 2.53 bits per heavy atom. The maximum Gasteiger partial charge on any atom is 0.307 e. The summed E-state index contributed by atoms with van der Waals surface area (Å²) in [5.74, 6) is -0.795. The summed E-state index contributed by atoms with van der Waals surface area (Å²) in [6.07, 6.45) is 0.0863. The first-order chi connectivity index (χ1) is 7.08. The van der Waals surface area contributed by atoms with Crippen LogP contribution >= 0.6 is 22.6 Å². The molecule has 82 valence electrons. The van der Waals surface area contributed by atoms with Crippen molar-refractivity contribution in [1.29, 1.82) is 0 Å². The second kappa shape index (κ2) is 5.95. The van der Waals surface area contributed by atoms with Gasteiger partial charge < -0.3 is 10.4 Å². The van der Waals surface area contributed by atoms with Crippen molar-refractivity contribution in [3.8, 4) is 0 Å². The number of hydrogen-bond donors (Lipinski definition) is 2. The molecule has 0 spiro atoms. The van der Waals surface area contributed by atoms with E-state index in [9.17, 15) is 4.79 Å². The zero-order valence-corrected chi connectivity index (χ0v) is 10.7. The van der Waals surface area contributed by atoms with E-state index in [0.29, 0.717) is 3.92 Å². The molecule has 0 saturated heterocycles. The molecule has 3 nitrogen and oxygen atoms in total. The van der Waals surface area contributed by atoms with Crippen LogP contribution in [0.1, 0.15) is 12.5 Å². The highest BCUT2D eigenvalue weighted by Gasteiger charge is 2.00. The van der Waals surface area contributed by atoms with Crippen LogP contribution in [-0.2, 0) is 11.2 Å². The van der Waals surface area contributed by atoms with E-state index in [0.717, 1.165) is 17.8 Å². The Morgan fingerprint density at radius 1 is 1.47 bits per heavy atom. The van der Waals surface area contributed by atoms with E-state index in [-0.39, 0.29) is 6.42 Å². The molecule has 0 aliphatic carbocycles. The lowest BCUT2D eigenvalue weighted by molar-refractivity contribution is -0.136. The second-order valence-corrected chi connectivity index (χ2v) is 5.56. The van der Waals surface area contributed by atoms with Gasteiger partial charge in [0.05, 0.1) is 6.42 Å². The number of carboxylic acids is 1. The van der Waals surface area contributed by atoms with Gasteiger partial charge in [0.25, 0.3) is 0 Å². The molecule has 0 aliphatic heterocycles. The predicted octanol–water partition coefficient (Wildman–Crippen LogP) is 2.55. The summed E-state index contributed by atoms with van der Waals surface area (Å²) in [6.45, 7) is 3.05. The van der Waals surface area contributed by atoms with E-state index < -0.39 is 5.97 Å². The Kier molecular flexibility index (Phi) is 4.87. The number of anilines is 1. The number of nitrogens with one attached hydrogen (secondary N) is 1. The van der Waals surface area contributed by atoms with E-state index in [1.165, 1.54) is 0 Å². The molecule has 0 fully saturated rings. The molecule has 0 saturated carbocycles. The van der Waals surface area contributed by atoms with Crippen molar-refractivity contribution >= 4 is 34.2 Å². The Labute approximate surface area is 103 Å². The number of benzene rings is 1. The molecule has 2 N–H and O–H groups in total. The van der Waals surface area contributed by atoms with Crippen molar-refractivity contribution in [2.24, 2.45) is 0 Å². The molecule has 1 aromatic carbocycles. The van der Waals surface area contributed by atoms with Crippen molar-refractivity contribution in [1.82, 2.24) is 0 Å². The van der Waals surface area contributed by atoms with Crippen LogP contribution in [0, 0.1) is 0 Å². The largest absolute Gasteiger partial charge is 0.481 e. The fourth-order valence-corrected chi connectivity index (χ4v) is 1.39. The average Bonchev–Trinajstić information content (AvgIpc) is 2.16. The predicted molar refractivity (Wildman–Crippen MR) is 69.8 cm³/mol. The molecular weight excluding hydrogens is 305 g/mol. The molecule has 1 atom stereocenters. The quantitative estimate of drug-likeness (QED) is 0.648. The molecule has 0 amide bonds. The van der Waals surface area contributed by atoms with E-state index >= 15 is 0 Å². The van der Waals surface area contributed by atoms with Gasteiger partial charge in [0.1, 0.15) is 0 Å². The van der Waals surface area contributed by atoms with Crippen LogP contribution in [-0.4, -0.2) is 21.5 Å². The zero-order chi connectivity index (χ0) is 11.3. The highest BCUT2D eigenvalue weighted by Crippen LogP contribution is 2.11. The Morgan fingerprint density at radius 2 is 2.07 bits per heavy atom. The topological polar surface area (TPSA) is 49.3 Å². The van der Waals surface area contributed by atoms with Gasteiger partial charge in [-0.15, -0.1) is 0 Å². The molecule has 1 aromatic rings. The van der Waals surface area contributed by atoms with Gasteiger partial charge >= 0.3 is 5.97 Å². The Hall–Kier alpha value is -0.780. The number of hydrogen-bond acceptors (Lipinski definition) is 2. The first-order valence-electron chi connectivity index (χ1n) is 4.76. The second-order valence-electron chi connectivity index (χ2n) is 3.43. The van der Waals surface area contributed by atoms with Crippen molar-refractivity contribution in [3.05, 3.63) is 29.8 Å². The monoisotopic (exact) mass is 319 g/mol. The van der Waals surface area contributed by atoms with Crippen LogP contribution in [0.15, 0.2) is 24.3 Å². The summed E-state index contributed by atoms with van der Waals surface area (Å²) < 4.78 is 0.571. The lowest BCUT2D eigenvalue weighted by atomic mass is 10.1. The molecule has 0 aliphatic rings. The Balaban J connectivity index is 2.52. The molecule has 1 rings (SSSR count). The molecule has 0 radical (unpaired) electrons. The van der Waals surface area contributed by atoms with Gasteiger partial charge in [0.15, 0.2) is 0 Å². The summed E-state index contributed by atoms with van der Waals surface area (Å²) in [5, 5.41) is 11.9. The third-order valence-electron chi connectivity index (χ3n) is 1.90. The van der Waals surface area contributed by atoms with Crippen molar-refractivity contribution in [2.45, 2.75) is 17.3 Å². The van der Waals surface area contributed by atoms with Crippen LogP contribution in [0.4, 0.5) is 5.69 Å². The minimum atomic E-state index is -0.795. The molecule has 0 aromatic heterocycles. The van der Waals surface area contributed by atoms with Crippen LogP contribution < -0.4 is 5.32 Å². The lowest BCUT2D eigenvalue weighted by Crippen LogP contribution is -2.09. The molecule has 0 bridgehead atoms. The summed E-state index contributed by atoms with van der Waals surface area (Å²) in [5.41, 5.74) is 1.86.